The molecule has 1 aliphatic heterocycles. The Kier molecular flexibility index (Phi) is 9.15. The van der Waals surface area contributed by atoms with E-state index in [1.807, 2.05) is 4.68 Å². The fourth-order valence-electron chi connectivity index (χ4n) is 5.21. The van der Waals surface area contributed by atoms with Gasteiger partial charge in [-0.1, -0.05) is 45.1 Å². The van der Waals surface area contributed by atoms with Crippen LogP contribution in [0.4, 0.5) is 0 Å². The van der Waals surface area contributed by atoms with Crippen molar-refractivity contribution in [2.45, 2.75) is 90.3 Å². The lowest BCUT2D eigenvalue weighted by molar-refractivity contribution is -0.126. The average Bonchev–Trinajstić information content (AvgIpc) is 3.46. The first-order chi connectivity index (χ1) is 16.2. The van der Waals surface area contributed by atoms with Crippen LogP contribution in [0.5, 0.6) is 0 Å². The lowest BCUT2D eigenvalue weighted by Gasteiger charge is -2.31. The van der Waals surface area contributed by atoms with Crippen molar-refractivity contribution in [2.75, 3.05) is 19.6 Å². The van der Waals surface area contributed by atoms with Gasteiger partial charge in [-0.3, -0.25) is 9.69 Å². The summed E-state index contributed by atoms with van der Waals surface area (Å²) in [4.78, 5) is 16.2. The van der Waals surface area contributed by atoms with Crippen molar-refractivity contribution in [3.8, 4) is 0 Å². The van der Waals surface area contributed by atoms with Crippen molar-refractivity contribution in [2.24, 2.45) is 5.92 Å². The number of unbranched alkanes of at least 4 members (excludes halogenated alkanes) is 2. The second kappa shape index (κ2) is 12.3. The van der Waals surface area contributed by atoms with Crippen LogP contribution in [0.2, 0.25) is 0 Å². The van der Waals surface area contributed by atoms with Gasteiger partial charge < -0.3 is 9.88 Å². The number of piperidine rings is 1. The summed E-state index contributed by atoms with van der Waals surface area (Å²) in [5, 5.41) is 10.3. The number of amides is 1. The van der Waals surface area contributed by atoms with Gasteiger partial charge in [-0.25, -0.2) is 4.68 Å². The summed E-state index contributed by atoms with van der Waals surface area (Å²) >= 11 is 7.76. The van der Waals surface area contributed by atoms with Gasteiger partial charge in [0, 0.05) is 42.9 Å². The molecule has 1 amide bonds. The summed E-state index contributed by atoms with van der Waals surface area (Å²) in [7, 11) is 0. The van der Waals surface area contributed by atoms with Crippen molar-refractivity contribution in [1.29, 1.82) is 0 Å². The van der Waals surface area contributed by atoms with Crippen LogP contribution >= 0.6 is 23.6 Å². The molecular formula is C25H39N5OS2. The van der Waals surface area contributed by atoms with Crippen LogP contribution in [0.1, 0.15) is 87.9 Å². The Balaban J connectivity index is 1.38. The van der Waals surface area contributed by atoms with Gasteiger partial charge in [0.1, 0.15) is 5.82 Å². The number of likely N-dealkylation sites (tertiary alicyclic amines) is 1. The van der Waals surface area contributed by atoms with Crippen molar-refractivity contribution in [3.05, 3.63) is 33.0 Å². The smallest absolute Gasteiger partial charge is 0.223 e. The van der Waals surface area contributed by atoms with E-state index in [0.717, 1.165) is 62.6 Å². The molecule has 1 saturated heterocycles. The highest BCUT2D eigenvalue weighted by atomic mass is 32.1. The molecule has 1 saturated carbocycles. The lowest BCUT2D eigenvalue weighted by Crippen LogP contribution is -2.41. The Bertz CT molecular complexity index is 921. The summed E-state index contributed by atoms with van der Waals surface area (Å²) in [6, 6.07) is 4.79. The number of aromatic nitrogens is 3. The van der Waals surface area contributed by atoms with Crippen molar-refractivity contribution in [3.63, 3.8) is 0 Å². The van der Waals surface area contributed by atoms with E-state index < -0.39 is 0 Å². The van der Waals surface area contributed by atoms with E-state index in [4.69, 9.17) is 17.3 Å². The summed E-state index contributed by atoms with van der Waals surface area (Å²) in [5.41, 5.74) is 0. The first-order valence-corrected chi connectivity index (χ1v) is 14.1. The molecule has 1 N–H and O–H groups in total. The first kappa shape index (κ1) is 24.6. The van der Waals surface area contributed by atoms with Crippen LogP contribution < -0.4 is 5.32 Å². The molecule has 0 unspecified atom stereocenters. The molecule has 2 aromatic rings. The average molecular weight is 490 g/mol. The Labute approximate surface area is 207 Å². The molecule has 0 atom stereocenters. The topological polar surface area (TPSA) is 55.1 Å². The van der Waals surface area contributed by atoms with Crippen LogP contribution in [0.3, 0.4) is 0 Å². The third-order valence-electron chi connectivity index (χ3n) is 7.17. The minimum atomic E-state index is 0.144. The Morgan fingerprint density at radius 3 is 2.67 bits per heavy atom. The van der Waals surface area contributed by atoms with E-state index in [2.05, 4.69) is 39.2 Å². The molecule has 0 radical (unpaired) electrons. The van der Waals surface area contributed by atoms with Gasteiger partial charge >= 0.3 is 0 Å². The van der Waals surface area contributed by atoms with Gasteiger partial charge in [-0.2, -0.15) is 5.10 Å². The Morgan fingerprint density at radius 2 is 1.97 bits per heavy atom. The third kappa shape index (κ3) is 6.55. The summed E-state index contributed by atoms with van der Waals surface area (Å²) < 4.78 is 5.27. The number of carbonyl (C=O) groups is 1. The fourth-order valence-corrected chi connectivity index (χ4v) is 6.26. The summed E-state index contributed by atoms with van der Waals surface area (Å²) in [5.74, 6) is 1.49. The van der Waals surface area contributed by atoms with Crippen LogP contribution in [-0.2, 0) is 17.9 Å². The van der Waals surface area contributed by atoms with Crippen molar-refractivity contribution in [1.82, 2.24) is 24.6 Å². The molecule has 0 bridgehead atoms. The molecule has 1 aliphatic carbocycles. The quantitative estimate of drug-likeness (QED) is 0.351. The number of carbonyl (C=O) groups excluding carboxylic acids is 1. The maximum Gasteiger partial charge on any atom is 0.223 e. The fraction of sp³-hybridized carbons (Fsp3) is 0.720. The van der Waals surface area contributed by atoms with Gasteiger partial charge in [-0.15, -0.1) is 11.3 Å². The normalized spacial score (nSPS) is 18.6. The van der Waals surface area contributed by atoms with Crippen molar-refractivity contribution >= 4 is 29.5 Å². The van der Waals surface area contributed by atoms with Gasteiger partial charge in [0.2, 0.25) is 5.91 Å². The number of nitrogens with zero attached hydrogens (tertiary/aromatic N) is 4. The number of nitrogens with one attached hydrogen (secondary N) is 1. The van der Waals surface area contributed by atoms with Gasteiger partial charge in [-0.05, 0) is 55.8 Å². The highest BCUT2D eigenvalue weighted by molar-refractivity contribution is 7.71. The molecule has 2 aromatic heterocycles. The molecule has 4 rings (SSSR count). The third-order valence-corrected chi connectivity index (χ3v) is 8.45. The predicted octanol–water partition coefficient (Wildman–Crippen LogP) is 5.55. The molecule has 6 nitrogen and oxygen atoms in total. The zero-order valence-corrected chi connectivity index (χ0v) is 21.6. The van der Waals surface area contributed by atoms with Gasteiger partial charge in [0.05, 0.1) is 6.67 Å². The van der Waals surface area contributed by atoms with Crippen LogP contribution in [0.15, 0.2) is 17.5 Å². The number of hydrogen-bond donors (Lipinski definition) is 1. The second-order valence-corrected chi connectivity index (χ2v) is 11.0. The van der Waals surface area contributed by atoms with E-state index in [1.165, 1.54) is 49.8 Å². The molecule has 3 heterocycles. The van der Waals surface area contributed by atoms with Gasteiger partial charge in [0.25, 0.3) is 0 Å². The molecule has 2 fully saturated rings. The molecule has 8 heteroatoms. The van der Waals surface area contributed by atoms with E-state index in [1.54, 1.807) is 11.3 Å². The van der Waals surface area contributed by atoms with Crippen LogP contribution in [-0.4, -0.2) is 44.8 Å². The predicted molar refractivity (Wildman–Crippen MR) is 137 cm³/mol. The number of thiophene rings is 1. The zero-order valence-electron chi connectivity index (χ0n) is 20.0. The molecule has 33 heavy (non-hydrogen) atoms. The lowest BCUT2D eigenvalue weighted by atomic mass is 9.95. The molecule has 182 valence electrons. The minimum Gasteiger partial charge on any atom is -0.356 e. The number of hydrogen-bond acceptors (Lipinski definition) is 5. The highest BCUT2D eigenvalue weighted by Gasteiger charge is 2.27. The van der Waals surface area contributed by atoms with E-state index in [0.29, 0.717) is 6.04 Å². The summed E-state index contributed by atoms with van der Waals surface area (Å²) in [6.45, 7) is 5.57. The first-order valence-electron chi connectivity index (χ1n) is 12.9. The van der Waals surface area contributed by atoms with Gasteiger partial charge in [0.15, 0.2) is 4.77 Å². The zero-order chi connectivity index (χ0) is 23.0. The molecule has 2 aliphatic rings. The molecule has 0 spiro atoms. The largest absolute Gasteiger partial charge is 0.356 e. The molecule has 0 aromatic carbocycles. The van der Waals surface area contributed by atoms with Crippen molar-refractivity contribution < 1.29 is 4.79 Å². The maximum absolute atomic E-state index is 12.5. The SMILES string of the molecule is CCCCCNC(=O)C1CCN(Cn2nc(Cc3cccs3)n(C3CCCCC3)c2=S)CC1. The minimum absolute atomic E-state index is 0.144. The second-order valence-electron chi connectivity index (χ2n) is 9.65. The Hall–Kier alpha value is -1.51. The van der Waals surface area contributed by atoms with E-state index in [-0.39, 0.29) is 11.8 Å². The standard InChI is InChI=1S/C25H39N5OS2/c1-2-3-7-14-26-24(31)20-12-15-28(16-13-20)19-29-25(32)30(21-9-5-4-6-10-21)23(27-29)18-22-11-8-17-33-22/h8,11,17,20-21H,2-7,9-10,12-16,18-19H2,1H3,(H,26,31). The van der Waals surface area contributed by atoms with E-state index >= 15 is 0 Å². The van der Waals surface area contributed by atoms with Crippen LogP contribution in [0.25, 0.3) is 0 Å². The maximum atomic E-state index is 12.5. The highest BCUT2D eigenvalue weighted by Crippen LogP contribution is 2.30. The van der Waals surface area contributed by atoms with E-state index in [9.17, 15) is 4.79 Å². The Morgan fingerprint density at radius 1 is 1.18 bits per heavy atom. The molecular weight excluding hydrogens is 450 g/mol. The summed E-state index contributed by atoms with van der Waals surface area (Å²) in [6.07, 6.45) is 12.4. The van der Waals surface area contributed by atoms with Crippen LogP contribution in [0, 0.1) is 10.7 Å². The number of rotatable bonds is 10. The monoisotopic (exact) mass is 489 g/mol.